The number of aromatic carboxylic acids is 1. The van der Waals surface area contributed by atoms with Gasteiger partial charge in [-0.1, -0.05) is 0 Å². The monoisotopic (exact) mass is 339 g/mol. The summed E-state index contributed by atoms with van der Waals surface area (Å²) in [5.74, 6) is -1.48. The Hall–Kier alpha value is -3.35. The molecule has 124 valence electrons. The van der Waals surface area contributed by atoms with Gasteiger partial charge in [-0.05, 0) is 18.2 Å². The quantitative estimate of drug-likeness (QED) is 0.883. The van der Waals surface area contributed by atoms with Gasteiger partial charge in [-0.2, -0.15) is 18.4 Å². The van der Waals surface area contributed by atoms with E-state index in [0.29, 0.717) is 4.57 Å². The van der Waals surface area contributed by atoms with Gasteiger partial charge in [0.25, 0.3) is 5.56 Å². The summed E-state index contributed by atoms with van der Waals surface area (Å²) >= 11 is 0. The number of hydrogen-bond donors (Lipinski definition) is 1. The van der Waals surface area contributed by atoms with Gasteiger partial charge >= 0.3 is 17.8 Å². The van der Waals surface area contributed by atoms with Gasteiger partial charge in [-0.15, -0.1) is 0 Å². The third-order valence-electron chi connectivity index (χ3n) is 3.22. The molecule has 0 radical (unpaired) electrons. The summed E-state index contributed by atoms with van der Waals surface area (Å²) in [5.41, 5.74) is -4.96. The third kappa shape index (κ3) is 2.79. The smallest absolute Gasteiger partial charge is 0.431 e. The molecule has 10 heteroatoms. The maximum atomic E-state index is 12.8. The lowest BCUT2D eigenvalue weighted by atomic mass is 10.1. The van der Waals surface area contributed by atoms with Crippen LogP contribution in [0.3, 0.4) is 0 Å². The van der Waals surface area contributed by atoms with Crippen molar-refractivity contribution in [3.8, 4) is 11.8 Å². The second-order valence-electron chi connectivity index (χ2n) is 4.69. The van der Waals surface area contributed by atoms with E-state index in [2.05, 4.69) is 0 Å². The number of carboxylic acid groups (broad SMARTS) is 1. The van der Waals surface area contributed by atoms with Gasteiger partial charge < -0.3 is 5.11 Å². The molecular formula is C14H8F3N3O4. The van der Waals surface area contributed by atoms with Gasteiger partial charge in [-0.3, -0.25) is 9.36 Å². The molecule has 0 unspecified atom stereocenters. The summed E-state index contributed by atoms with van der Waals surface area (Å²) in [5, 5.41) is 17.9. The molecule has 0 spiro atoms. The summed E-state index contributed by atoms with van der Waals surface area (Å²) in [6, 6.07) is 4.89. The number of nitriles is 1. The lowest BCUT2D eigenvalue weighted by Gasteiger charge is -2.14. The predicted octanol–water partition coefficient (Wildman–Crippen LogP) is 1.12. The largest absolute Gasteiger partial charge is 0.478 e. The molecule has 1 aromatic carbocycles. The highest BCUT2D eigenvalue weighted by molar-refractivity contribution is 5.91. The van der Waals surface area contributed by atoms with Crippen molar-refractivity contribution in [2.45, 2.75) is 6.18 Å². The number of rotatable bonds is 2. The minimum absolute atomic E-state index is 0.219. The van der Waals surface area contributed by atoms with Crippen LogP contribution in [-0.2, 0) is 13.2 Å². The predicted molar refractivity (Wildman–Crippen MR) is 74.0 cm³/mol. The number of hydrogen-bond acceptors (Lipinski definition) is 4. The van der Waals surface area contributed by atoms with Gasteiger partial charge in [0.05, 0.1) is 16.8 Å². The molecule has 0 bridgehead atoms. The Labute approximate surface area is 131 Å². The zero-order chi connectivity index (χ0) is 18.2. The highest BCUT2D eigenvalue weighted by Gasteiger charge is 2.35. The molecule has 0 saturated heterocycles. The minimum atomic E-state index is -4.90. The first-order chi connectivity index (χ1) is 11.1. The van der Waals surface area contributed by atoms with Crippen molar-refractivity contribution >= 4 is 5.97 Å². The Morgan fingerprint density at radius 1 is 1.25 bits per heavy atom. The van der Waals surface area contributed by atoms with Crippen LogP contribution in [0.15, 0.2) is 33.9 Å². The lowest BCUT2D eigenvalue weighted by molar-refractivity contribution is -0.144. The SMILES string of the molecule is Cn1c(C(F)(F)F)cc(=O)n(-c2ccc(C#N)c(C(=O)O)c2)c1=O. The molecule has 24 heavy (non-hydrogen) atoms. The van der Waals surface area contributed by atoms with Crippen molar-refractivity contribution in [2.75, 3.05) is 0 Å². The minimum Gasteiger partial charge on any atom is -0.478 e. The molecule has 0 aliphatic rings. The fourth-order valence-electron chi connectivity index (χ4n) is 2.08. The highest BCUT2D eigenvalue weighted by Crippen LogP contribution is 2.27. The van der Waals surface area contributed by atoms with Gasteiger partial charge in [0.2, 0.25) is 0 Å². The van der Waals surface area contributed by atoms with Crippen LogP contribution in [0.1, 0.15) is 21.6 Å². The first kappa shape index (κ1) is 17.0. The van der Waals surface area contributed by atoms with E-state index < -0.39 is 34.7 Å². The topological polar surface area (TPSA) is 105 Å². The van der Waals surface area contributed by atoms with E-state index in [1.807, 2.05) is 0 Å². The molecule has 1 N–H and O–H groups in total. The van der Waals surface area contributed by atoms with Crippen molar-refractivity contribution in [2.24, 2.45) is 7.05 Å². The van der Waals surface area contributed by atoms with Crippen LogP contribution in [0.5, 0.6) is 0 Å². The molecule has 2 rings (SSSR count). The Bertz CT molecular complexity index is 996. The van der Waals surface area contributed by atoms with Crippen LogP contribution in [-0.4, -0.2) is 20.2 Å². The Morgan fingerprint density at radius 3 is 2.38 bits per heavy atom. The van der Waals surface area contributed by atoms with Gasteiger partial charge in [-0.25, -0.2) is 14.2 Å². The molecule has 1 heterocycles. The average Bonchev–Trinajstić information content (AvgIpc) is 2.49. The zero-order valence-electron chi connectivity index (χ0n) is 12.0. The normalized spacial score (nSPS) is 11.1. The van der Waals surface area contributed by atoms with E-state index in [1.54, 1.807) is 6.07 Å². The Morgan fingerprint density at radius 2 is 1.88 bits per heavy atom. The molecule has 0 saturated carbocycles. The molecule has 0 atom stereocenters. The number of alkyl halides is 3. The summed E-state index contributed by atoms with van der Waals surface area (Å²) in [6.45, 7) is 0. The molecule has 1 aromatic heterocycles. The molecule has 0 fully saturated rings. The maximum Gasteiger partial charge on any atom is 0.431 e. The second-order valence-corrected chi connectivity index (χ2v) is 4.69. The molecule has 7 nitrogen and oxygen atoms in total. The number of aromatic nitrogens is 2. The van der Waals surface area contributed by atoms with Gasteiger partial charge in [0, 0.05) is 13.1 Å². The second kappa shape index (κ2) is 5.69. The number of carboxylic acids is 1. The van der Waals surface area contributed by atoms with E-state index in [1.165, 1.54) is 0 Å². The Balaban J connectivity index is 2.81. The summed E-state index contributed by atoms with van der Waals surface area (Å²) < 4.78 is 39.0. The van der Waals surface area contributed by atoms with E-state index in [9.17, 15) is 27.6 Å². The van der Waals surface area contributed by atoms with Crippen LogP contribution in [0.4, 0.5) is 13.2 Å². The van der Waals surface area contributed by atoms with Crippen molar-refractivity contribution in [1.82, 2.24) is 9.13 Å². The molecule has 0 amide bonds. The number of benzene rings is 1. The fraction of sp³-hybridized carbons (Fsp3) is 0.143. The summed E-state index contributed by atoms with van der Waals surface area (Å²) in [6.07, 6.45) is -4.90. The first-order valence-electron chi connectivity index (χ1n) is 6.26. The molecule has 0 aliphatic carbocycles. The van der Waals surface area contributed by atoms with Crippen molar-refractivity contribution < 1.29 is 23.1 Å². The van der Waals surface area contributed by atoms with Crippen molar-refractivity contribution in [3.05, 3.63) is 61.9 Å². The van der Waals surface area contributed by atoms with Crippen molar-refractivity contribution in [3.63, 3.8) is 0 Å². The Kier molecular flexibility index (Phi) is 4.03. The first-order valence-corrected chi connectivity index (χ1v) is 6.26. The summed E-state index contributed by atoms with van der Waals surface area (Å²) in [4.78, 5) is 35.2. The fourth-order valence-corrected chi connectivity index (χ4v) is 2.08. The number of halogens is 3. The lowest BCUT2D eigenvalue weighted by Crippen LogP contribution is -2.40. The summed E-state index contributed by atoms with van der Waals surface area (Å²) in [7, 11) is 0.836. The number of carbonyl (C=O) groups is 1. The van der Waals surface area contributed by atoms with E-state index in [0.717, 1.165) is 25.2 Å². The third-order valence-corrected chi connectivity index (χ3v) is 3.22. The van der Waals surface area contributed by atoms with Crippen LogP contribution >= 0.6 is 0 Å². The van der Waals surface area contributed by atoms with Crippen LogP contribution < -0.4 is 11.2 Å². The van der Waals surface area contributed by atoms with E-state index in [-0.39, 0.29) is 21.9 Å². The number of nitrogens with zero attached hydrogens (tertiary/aromatic N) is 3. The van der Waals surface area contributed by atoms with Crippen LogP contribution in [0.25, 0.3) is 5.69 Å². The van der Waals surface area contributed by atoms with Crippen LogP contribution in [0, 0.1) is 11.3 Å². The molecule has 0 aliphatic heterocycles. The standard InChI is InChI=1S/C14H8F3N3O4/c1-19-10(14(15,16)17)5-11(21)20(13(19)24)8-3-2-7(6-18)9(4-8)12(22)23/h2-5H,1H3,(H,22,23). The van der Waals surface area contributed by atoms with Gasteiger partial charge in [0.1, 0.15) is 11.8 Å². The van der Waals surface area contributed by atoms with Crippen LogP contribution in [0.2, 0.25) is 0 Å². The van der Waals surface area contributed by atoms with E-state index in [4.69, 9.17) is 10.4 Å². The highest BCUT2D eigenvalue weighted by atomic mass is 19.4. The molecule has 2 aromatic rings. The zero-order valence-corrected chi connectivity index (χ0v) is 12.0. The van der Waals surface area contributed by atoms with Crippen molar-refractivity contribution in [1.29, 1.82) is 5.26 Å². The molecular weight excluding hydrogens is 331 g/mol. The average molecular weight is 339 g/mol. The van der Waals surface area contributed by atoms with Gasteiger partial charge in [0.15, 0.2) is 0 Å². The maximum absolute atomic E-state index is 12.8. The van der Waals surface area contributed by atoms with E-state index >= 15 is 0 Å².